The zero-order valence-electron chi connectivity index (χ0n) is 9.74. The highest BCUT2D eigenvalue weighted by molar-refractivity contribution is 4.87. The van der Waals surface area contributed by atoms with E-state index in [1.54, 1.807) is 0 Å². The van der Waals surface area contributed by atoms with Gasteiger partial charge in [-0.25, -0.2) is 0 Å². The zero-order valence-corrected chi connectivity index (χ0v) is 9.74. The number of ether oxygens (including phenoxy) is 1. The molecule has 0 unspecified atom stereocenters. The fraction of sp³-hybridized carbons (Fsp3) is 0.818. The molecule has 16 heavy (non-hydrogen) atoms. The van der Waals surface area contributed by atoms with Gasteiger partial charge in [-0.05, 0) is 19.3 Å². The maximum absolute atomic E-state index is 5.33. The van der Waals surface area contributed by atoms with E-state index >= 15 is 0 Å². The summed E-state index contributed by atoms with van der Waals surface area (Å²) in [4.78, 5) is 4.26. The van der Waals surface area contributed by atoms with Gasteiger partial charge in [-0.2, -0.15) is 4.98 Å². The van der Waals surface area contributed by atoms with Gasteiger partial charge in [0.25, 0.3) is 0 Å². The van der Waals surface area contributed by atoms with Crippen LogP contribution in [-0.2, 0) is 17.8 Å². The Balaban J connectivity index is 1.64. The minimum atomic E-state index is 0.452. The second-order valence-electron chi connectivity index (χ2n) is 4.14. The molecule has 0 aromatic carbocycles. The molecule has 1 aromatic heterocycles. The van der Waals surface area contributed by atoms with Crippen LogP contribution in [0.25, 0.3) is 0 Å². The van der Waals surface area contributed by atoms with Gasteiger partial charge >= 0.3 is 0 Å². The van der Waals surface area contributed by atoms with Crippen molar-refractivity contribution in [3.8, 4) is 0 Å². The first-order chi connectivity index (χ1) is 7.88. The molecule has 0 atom stereocenters. The van der Waals surface area contributed by atoms with Gasteiger partial charge in [-0.3, -0.25) is 0 Å². The van der Waals surface area contributed by atoms with Crippen LogP contribution in [0.5, 0.6) is 0 Å². The van der Waals surface area contributed by atoms with Gasteiger partial charge in [0.15, 0.2) is 5.82 Å². The summed E-state index contributed by atoms with van der Waals surface area (Å²) >= 11 is 0. The quantitative estimate of drug-likeness (QED) is 0.675. The van der Waals surface area contributed by atoms with Crippen molar-refractivity contribution in [1.82, 2.24) is 15.5 Å². The predicted octanol–water partition coefficient (Wildman–Crippen LogP) is 1.29. The minimum absolute atomic E-state index is 0.452. The van der Waals surface area contributed by atoms with E-state index in [-0.39, 0.29) is 0 Å². The third-order valence-electron chi connectivity index (χ3n) is 2.44. The van der Waals surface area contributed by atoms with E-state index < -0.39 is 0 Å². The van der Waals surface area contributed by atoms with Gasteiger partial charge in [0.2, 0.25) is 5.89 Å². The van der Waals surface area contributed by atoms with Crippen LogP contribution < -0.4 is 5.32 Å². The summed E-state index contributed by atoms with van der Waals surface area (Å²) in [6, 6.07) is 0.732. The van der Waals surface area contributed by atoms with Gasteiger partial charge in [0.05, 0.1) is 0 Å². The van der Waals surface area contributed by atoms with Crippen molar-refractivity contribution in [2.45, 2.75) is 45.3 Å². The number of hydrogen-bond acceptors (Lipinski definition) is 5. The lowest BCUT2D eigenvalue weighted by Gasteiger charge is -1.97. The first-order valence-electron chi connectivity index (χ1n) is 6.01. The topological polar surface area (TPSA) is 60.2 Å². The average Bonchev–Trinajstić information content (AvgIpc) is 2.99. The van der Waals surface area contributed by atoms with Crippen LogP contribution in [0.4, 0.5) is 0 Å². The molecule has 1 heterocycles. The summed E-state index contributed by atoms with van der Waals surface area (Å²) in [5.41, 5.74) is 0. The van der Waals surface area contributed by atoms with Crippen molar-refractivity contribution < 1.29 is 9.26 Å². The Hall–Kier alpha value is -0.940. The average molecular weight is 225 g/mol. The number of rotatable bonds is 8. The van der Waals surface area contributed by atoms with Crippen molar-refractivity contribution in [3.63, 3.8) is 0 Å². The lowest BCUT2D eigenvalue weighted by molar-refractivity contribution is 0.114. The fourth-order valence-electron chi connectivity index (χ4n) is 1.43. The maximum Gasteiger partial charge on any atom is 0.228 e. The summed E-state index contributed by atoms with van der Waals surface area (Å²) in [5, 5.41) is 7.27. The van der Waals surface area contributed by atoms with Crippen LogP contribution in [-0.4, -0.2) is 29.3 Å². The molecule has 1 N–H and O–H groups in total. The normalized spacial score (nSPS) is 15.6. The third-order valence-corrected chi connectivity index (χ3v) is 2.44. The molecule has 0 aliphatic heterocycles. The second kappa shape index (κ2) is 5.96. The molecule has 1 saturated carbocycles. The third kappa shape index (κ3) is 3.90. The Morgan fingerprint density at radius 2 is 2.38 bits per heavy atom. The van der Waals surface area contributed by atoms with Gasteiger partial charge in [-0.1, -0.05) is 12.1 Å². The lowest BCUT2D eigenvalue weighted by atomic mass is 10.4. The minimum Gasteiger partial charge on any atom is -0.373 e. The van der Waals surface area contributed by atoms with E-state index in [1.807, 2.05) is 0 Å². The van der Waals surface area contributed by atoms with Crippen LogP contribution in [0.2, 0.25) is 0 Å². The van der Waals surface area contributed by atoms with Crippen LogP contribution in [0.3, 0.4) is 0 Å². The van der Waals surface area contributed by atoms with Gasteiger partial charge in [0, 0.05) is 25.6 Å². The van der Waals surface area contributed by atoms with Crippen molar-refractivity contribution in [3.05, 3.63) is 11.7 Å². The van der Waals surface area contributed by atoms with Crippen LogP contribution in [0.1, 0.15) is 37.9 Å². The fourth-order valence-corrected chi connectivity index (χ4v) is 1.43. The predicted molar refractivity (Wildman–Crippen MR) is 59.0 cm³/mol. The first kappa shape index (κ1) is 11.5. The van der Waals surface area contributed by atoms with E-state index in [0.29, 0.717) is 18.3 Å². The Morgan fingerprint density at radius 1 is 1.50 bits per heavy atom. The molecule has 2 rings (SSSR count). The summed E-state index contributed by atoms with van der Waals surface area (Å²) < 4.78 is 10.5. The molecule has 5 heteroatoms. The van der Waals surface area contributed by atoms with Gasteiger partial charge < -0.3 is 14.6 Å². The van der Waals surface area contributed by atoms with E-state index in [1.165, 1.54) is 12.8 Å². The molecule has 0 saturated heterocycles. The van der Waals surface area contributed by atoms with E-state index in [9.17, 15) is 0 Å². The van der Waals surface area contributed by atoms with Gasteiger partial charge in [-0.15, -0.1) is 0 Å². The van der Waals surface area contributed by atoms with Crippen molar-refractivity contribution in [1.29, 1.82) is 0 Å². The molecule has 0 radical (unpaired) electrons. The molecule has 0 amide bonds. The highest BCUT2D eigenvalue weighted by atomic mass is 16.5. The van der Waals surface area contributed by atoms with Gasteiger partial charge in [0.1, 0.15) is 6.61 Å². The number of nitrogens with one attached hydrogen (secondary N) is 1. The molecular formula is C11H19N3O2. The molecule has 0 spiro atoms. The van der Waals surface area contributed by atoms with Crippen LogP contribution in [0, 0.1) is 0 Å². The number of hydrogen-bond donors (Lipinski definition) is 1. The molecule has 1 aliphatic rings. The van der Waals surface area contributed by atoms with Crippen molar-refractivity contribution >= 4 is 0 Å². The number of nitrogens with zero attached hydrogens (tertiary/aromatic N) is 2. The highest BCUT2D eigenvalue weighted by Crippen LogP contribution is 2.18. The Kier molecular flexibility index (Phi) is 4.30. The molecule has 1 fully saturated rings. The number of aromatic nitrogens is 2. The lowest BCUT2D eigenvalue weighted by Crippen LogP contribution is -2.19. The zero-order chi connectivity index (χ0) is 11.2. The Bertz CT molecular complexity index is 310. The first-order valence-corrected chi connectivity index (χ1v) is 6.01. The summed E-state index contributed by atoms with van der Waals surface area (Å²) in [6.07, 6.45) is 4.42. The molecule has 90 valence electrons. The van der Waals surface area contributed by atoms with E-state index in [0.717, 1.165) is 32.0 Å². The molecule has 0 bridgehead atoms. The monoisotopic (exact) mass is 225 g/mol. The molecule has 1 aromatic rings. The van der Waals surface area contributed by atoms with Crippen LogP contribution in [0.15, 0.2) is 4.52 Å². The SMILES string of the molecule is CCCOCc1noc(CCNC2CC2)n1. The molecule has 5 nitrogen and oxygen atoms in total. The molecule has 1 aliphatic carbocycles. The van der Waals surface area contributed by atoms with Crippen molar-refractivity contribution in [2.24, 2.45) is 0 Å². The largest absolute Gasteiger partial charge is 0.373 e. The maximum atomic E-state index is 5.33. The molecular weight excluding hydrogens is 206 g/mol. The standard InChI is InChI=1S/C11H19N3O2/c1-2-7-15-8-10-13-11(16-14-10)5-6-12-9-3-4-9/h9,12H,2-8H2,1H3. The van der Waals surface area contributed by atoms with E-state index in [2.05, 4.69) is 22.4 Å². The Morgan fingerprint density at radius 3 is 3.12 bits per heavy atom. The van der Waals surface area contributed by atoms with Crippen LogP contribution >= 0.6 is 0 Å². The van der Waals surface area contributed by atoms with Crippen molar-refractivity contribution in [2.75, 3.05) is 13.2 Å². The summed E-state index contributed by atoms with van der Waals surface area (Å²) in [5.74, 6) is 1.35. The summed E-state index contributed by atoms with van der Waals surface area (Å²) in [6.45, 7) is 4.19. The smallest absolute Gasteiger partial charge is 0.228 e. The van der Waals surface area contributed by atoms with E-state index in [4.69, 9.17) is 9.26 Å². The Labute approximate surface area is 95.6 Å². The highest BCUT2D eigenvalue weighted by Gasteiger charge is 2.20. The second-order valence-corrected chi connectivity index (χ2v) is 4.14. The summed E-state index contributed by atoms with van der Waals surface area (Å²) in [7, 11) is 0.